The predicted molar refractivity (Wildman–Crippen MR) is 95.0 cm³/mol. The number of fused-ring (bicyclic) bond motifs is 3. The van der Waals surface area contributed by atoms with Crippen molar-refractivity contribution in [3.63, 3.8) is 0 Å². The van der Waals surface area contributed by atoms with Crippen LogP contribution in [0.4, 0.5) is 0 Å². The summed E-state index contributed by atoms with van der Waals surface area (Å²) in [6, 6.07) is 5.37. The minimum Gasteiger partial charge on any atom is -0.349 e. The number of pyridine rings is 1. The molecule has 2 aliphatic rings. The van der Waals surface area contributed by atoms with Gasteiger partial charge in [0.1, 0.15) is 5.65 Å². The molecule has 1 amide bonds. The number of nitrogens with zero attached hydrogens (tertiary/aromatic N) is 3. The Labute approximate surface area is 142 Å². The topological polar surface area (TPSA) is 50.2 Å². The van der Waals surface area contributed by atoms with Crippen LogP contribution in [0.5, 0.6) is 0 Å². The Morgan fingerprint density at radius 1 is 1.42 bits per heavy atom. The SMILES string of the molecule is C=CCn1cc(C(=O)NC2C[C@H]3CC[C@@H](C2)N3C)c2cccnc21. The number of hydrogen-bond acceptors (Lipinski definition) is 3. The Hall–Kier alpha value is -2.14. The number of carbonyl (C=O) groups is 1. The summed E-state index contributed by atoms with van der Waals surface area (Å²) in [6.45, 7) is 4.44. The molecule has 24 heavy (non-hydrogen) atoms. The van der Waals surface area contributed by atoms with E-state index in [2.05, 4.69) is 28.8 Å². The molecule has 2 saturated heterocycles. The van der Waals surface area contributed by atoms with E-state index in [1.54, 1.807) is 6.20 Å². The molecule has 126 valence electrons. The van der Waals surface area contributed by atoms with Gasteiger partial charge < -0.3 is 14.8 Å². The van der Waals surface area contributed by atoms with Crippen LogP contribution in [-0.2, 0) is 6.54 Å². The standard InChI is InChI=1S/C19H24N4O/c1-3-9-23-12-17(16-5-4-8-20-18(16)23)19(24)21-13-10-14-6-7-15(11-13)22(14)2/h3-5,8,12-15H,1,6-7,9-11H2,2H3,(H,21,24)/t13?,14-,15+. The number of amides is 1. The number of rotatable bonds is 4. The molecule has 2 aromatic heterocycles. The molecule has 2 bridgehead atoms. The second kappa shape index (κ2) is 6.06. The van der Waals surface area contributed by atoms with Crippen molar-refractivity contribution in [1.82, 2.24) is 19.8 Å². The largest absolute Gasteiger partial charge is 0.349 e. The van der Waals surface area contributed by atoms with Crippen molar-refractivity contribution in [3.05, 3.63) is 42.7 Å². The quantitative estimate of drug-likeness (QED) is 0.880. The number of hydrogen-bond donors (Lipinski definition) is 1. The third-order valence-corrected chi connectivity index (χ3v) is 5.64. The van der Waals surface area contributed by atoms with Crippen molar-refractivity contribution in [1.29, 1.82) is 0 Å². The Balaban J connectivity index is 1.57. The van der Waals surface area contributed by atoms with Gasteiger partial charge in [0, 0.05) is 42.5 Å². The maximum absolute atomic E-state index is 12.9. The van der Waals surface area contributed by atoms with Gasteiger partial charge in [-0.3, -0.25) is 4.79 Å². The average Bonchev–Trinajstić information content (AvgIpc) is 3.02. The lowest BCUT2D eigenvalue weighted by molar-refractivity contribution is 0.0884. The van der Waals surface area contributed by atoms with Crippen LogP contribution < -0.4 is 5.32 Å². The first-order chi connectivity index (χ1) is 11.7. The van der Waals surface area contributed by atoms with E-state index in [-0.39, 0.29) is 11.9 Å². The summed E-state index contributed by atoms with van der Waals surface area (Å²) in [5.41, 5.74) is 1.55. The van der Waals surface area contributed by atoms with Gasteiger partial charge in [0.15, 0.2) is 0 Å². The number of allylic oxidation sites excluding steroid dienone is 1. The van der Waals surface area contributed by atoms with E-state index in [1.165, 1.54) is 12.8 Å². The zero-order chi connectivity index (χ0) is 16.7. The lowest BCUT2D eigenvalue weighted by Crippen LogP contribution is -2.48. The number of piperidine rings is 1. The van der Waals surface area contributed by atoms with E-state index >= 15 is 0 Å². The molecule has 5 nitrogen and oxygen atoms in total. The molecule has 3 atom stereocenters. The van der Waals surface area contributed by atoms with Crippen LogP contribution >= 0.6 is 0 Å². The Bertz CT molecular complexity index is 767. The first kappa shape index (κ1) is 15.4. The van der Waals surface area contributed by atoms with Crippen LogP contribution in [0, 0.1) is 0 Å². The highest BCUT2D eigenvalue weighted by Crippen LogP contribution is 2.34. The predicted octanol–water partition coefficient (Wildman–Crippen LogP) is 2.58. The van der Waals surface area contributed by atoms with Gasteiger partial charge in [0.2, 0.25) is 0 Å². The van der Waals surface area contributed by atoms with E-state index in [9.17, 15) is 4.79 Å². The van der Waals surface area contributed by atoms with Gasteiger partial charge in [-0.15, -0.1) is 6.58 Å². The lowest BCUT2D eigenvalue weighted by Gasteiger charge is -2.36. The third-order valence-electron chi connectivity index (χ3n) is 5.64. The van der Waals surface area contributed by atoms with Crippen molar-refractivity contribution in [2.75, 3.05) is 7.05 Å². The van der Waals surface area contributed by atoms with Gasteiger partial charge in [-0.1, -0.05) is 6.08 Å². The molecule has 0 aliphatic carbocycles. The number of nitrogens with one attached hydrogen (secondary N) is 1. The van der Waals surface area contributed by atoms with Crippen LogP contribution in [-0.4, -0.2) is 45.5 Å². The van der Waals surface area contributed by atoms with Crippen LogP contribution in [0.1, 0.15) is 36.0 Å². The van der Waals surface area contributed by atoms with Gasteiger partial charge in [0.25, 0.3) is 5.91 Å². The highest BCUT2D eigenvalue weighted by atomic mass is 16.1. The second-order valence-corrected chi connectivity index (χ2v) is 7.05. The average molecular weight is 324 g/mol. The lowest BCUT2D eigenvalue weighted by atomic mass is 9.97. The van der Waals surface area contributed by atoms with Crippen LogP contribution in [0.2, 0.25) is 0 Å². The second-order valence-electron chi connectivity index (χ2n) is 7.05. The zero-order valence-electron chi connectivity index (χ0n) is 14.1. The molecule has 2 fully saturated rings. The Morgan fingerprint density at radius 2 is 2.17 bits per heavy atom. The van der Waals surface area contributed by atoms with Gasteiger partial charge >= 0.3 is 0 Å². The Morgan fingerprint density at radius 3 is 2.88 bits per heavy atom. The molecule has 0 radical (unpaired) electrons. The van der Waals surface area contributed by atoms with E-state index < -0.39 is 0 Å². The zero-order valence-corrected chi connectivity index (χ0v) is 14.1. The molecular formula is C19H24N4O. The van der Waals surface area contributed by atoms with Crippen LogP contribution in [0.3, 0.4) is 0 Å². The number of aromatic nitrogens is 2. The molecule has 4 heterocycles. The normalized spacial score (nSPS) is 26.6. The molecule has 2 aliphatic heterocycles. The molecule has 0 saturated carbocycles. The first-order valence-electron chi connectivity index (χ1n) is 8.75. The molecule has 1 N–H and O–H groups in total. The summed E-state index contributed by atoms with van der Waals surface area (Å²) >= 11 is 0. The fraction of sp³-hybridized carbons (Fsp3) is 0.474. The smallest absolute Gasteiger partial charge is 0.253 e. The maximum Gasteiger partial charge on any atom is 0.253 e. The Kier molecular flexibility index (Phi) is 3.88. The molecule has 0 spiro atoms. The summed E-state index contributed by atoms with van der Waals surface area (Å²) in [5, 5.41) is 4.18. The molecule has 5 heteroatoms. The summed E-state index contributed by atoms with van der Waals surface area (Å²) in [7, 11) is 2.22. The first-order valence-corrected chi connectivity index (χ1v) is 8.75. The van der Waals surface area contributed by atoms with Gasteiger partial charge in [-0.2, -0.15) is 0 Å². The molecule has 0 aromatic carbocycles. The van der Waals surface area contributed by atoms with E-state index in [4.69, 9.17) is 0 Å². The van der Waals surface area contributed by atoms with Crippen molar-refractivity contribution >= 4 is 16.9 Å². The maximum atomic E-state index is 12.9. The molecular weight excluding hydrogens is 300 g/mol. The van der Waals surface area contributed by atoms with Crippen molar-refractivity contribution in [2.45, 2.75) is 50.4 Å². The fourth-order valence-electron chi connectivity index (χ4n) is 4.37. The molecule has 1 unspecified atom stereocenters. The van der Waals surface area contributed by atoms with E-state index in [0.717, 1.165) is 23.9 Å². The summed E-state index contributed by atoms with van der Waals surface area (Å²) in [6.07, 6.45) is 10.1. The van der Waals surface area contributed by atoms with Crippen LogP contribution in [0.25, 0.3) is 11.0 Å². The van der Waals surface area contributed by atoms with E-state index in [1.807, 2.05) is 29.0 Å². The highest BCUT2D eigenvalue weighted by Gasteiger charge is 2.39. The monoisotopic (exact) mass is 324 g/mol. The number of carbonyl (C=O) groups excluding carboxylic acids is 1. The summed E-state index contributed by atoms with van der Waals surface area (Å²) in [5.74, 6) is 0.0183. The third kappa shape index (κ3) is 2.53. The fourth-order valence-corrected chi connectivity index (χ4v) is 4.37. The molecule has 2 aromatic rings. The van der Waals surface area contributed by atoms with Crippen LogP contribution in [0.15, 0.2) is 37.2 Å². The summed E-state index contributed by atoms with van der Waals surface area (Å²) in [4.78, 5) is 19.8. The van der Waals surface area contributed by atoms with Gasteiger partial charge in [-0.25, -0.2) is 4.98 Å². The van der Waals surface area contributed by atoms with E-state index in [0.29, 0.717) is 24.2 Å². The molecule has 4 rings (SSSR count). The minimum atomic E-state index is 0.0183. The summed E-state index contributed by atoms with van der Waals surface area (Å²) < 4.78 is 1.98. The highest BCUT2D eigenvalue weighted by molar-refractivity contribution is 6.06. The minimum absolute atomic E-state index is 0.0183. The van der Waals surface area contributed by atoms with Crippen molar-refractivity contribution < 1.29 is 4.79 Å². The van der Waals surface area contributed by atoms with Gasteiger partial charge in [0.05, 0.1) is 5.56 Å². The van der Waals surface area contributed by atoms with Gasteiger partial charge in [-0.05, 0) is 44.9 Å². The van der Waals surface area contributed by atoms with Crippen molar-refractivity contribution in [2.24, 2.45) is 0 Å². The van der Waals surface area contributed by atoms with Crippen molar-refractivity contribution in [3.8, 4) is 0 Å².